The molecule has 0 bridgehead atoms. The zero-order chi connectivity index (χ0) is 33.6. The van der Waals surface area contributed by atoms with Crippen molar-refractivity contribution in [1.29, 1.82) is 0 Å². The van der Waals surface area contributed by atoms with Gasteiger partial charge in [-0.05, 0) is 46.2 Å². The molecule has 10 nitrogen and oxygen atoms in total. The predicted octanol–water partition coefficient (Wildman–Crippen LogP) is 5.09. The van der Waals surface area contributed by atoms with Crippen LogP contribution < -0.4 is 10.6 Å². The van der Waals surface area contributed by atoms with E-state index in [0.717, 1.165) is 28.3 Å². The predicted molar refractivity (Wildman–Crippen MR) is 184 cm³/mol. The highest BCUT2D eigenvalue weighted by Crippen LogP contribution is 2.22. The average molecular weight is 666 g/mol. The van der Waals surface area contributed by atoms with E-state index < -0.39 is 24.2 Å². The van der Waals surface area contributed by atoms with Crippen LogP contribution in [0.25, 0.3) is 10.8 Å². The number of amides is 2. The molecule has 3 N–H and O–H groups in total. The molecule has 3 aromatic carbocycles. The third-order valence-electron chi connectivity index (χ3n) is 8.52. The van der Waals surface area contributed by atoms with Gasteiger partial charge in [0.1, 0.15) is 12.1 Å². The molecule has 0 saturated carbocycles. The molecule has 0 spiro atoms. The SMILES string of the molecule is CC[C@H](C)[C@@H](CN(CC(=O)N[C@@H](CCSC)C(=O)O)Cc1cccc2ccccc12)NC(=O)O[C@H]1COC[C@H]1OCc1ccccc1. The van der Waals surface area contributed by atoms with Crippen LogP contribution in [-0.2, 0) is 37.0 Å². The molecule has 1 heterocycles. The molecule has 0 aromatic heterocycles. The minimum absolute atomic E-state index is 0.0399. The fourth-order valence-electron chi connectivity index (χ4n) is 5.60. The van der Waals surface area contributed by atoms with E-state index in [4.69, 9.17) is 14.2 Å². The summed E-state index contributed by atoms with van der Waals surface area (Å²) in [6.45, 7) is 5.80. The van der Waals surface area contributed by atoms with Crippen molar-refractivity contribution >= 4 is 40.5 Å². The smallest absolute Gasteiger partial charge is 0.407 e. The molecule has 3 aromatic rings. The summed E-state index contributed by atoms with van der Waals surface area (Å²) in [5.74, 6) is -0.773. The van der Waals surface area contributed by atoms with E-state index in [-0.39, 0.29) is 37.1 Å². The van der Waals surface area contributed by atoms with Crippen molar-refractivity contribution in [3.63, 3.8) is 0 Å². The average Bonchev–Trinajstić information content (AvgIpc) is 3.51. The summed E-state index contributed by atoms with van der Waals surface area (Å²) in [6.07, 6.45) is 1.50. The number of alkyl carbamates (subject to hydrolysis) is 1. The van der Waals surface area contributed by atoms with E-state index in [1.807, 2.05) is 90.9 Å². The van der Waals surface area contributed by atoms with Crippen LogP contribution in [0, 0.1) is 5.92 Å². The van der Waals surface area contributed by atoms with E-state index in [1.165, 1.54) is 11.8 Å². The number of fused-ring (bicyclic) bond motifs is 1. The Morgan fingerprint density at radius 1 is 1.00 bits per heavy atom. The largest absolute Gasteiger partial charge is 0.480 e. The minimum Gasteiger partial charge on any atom is -0.480 e. The van der Waals surface area contributed by atoms with Crippen molar-refractivity contribution in [1.82, 2.24) is 15.5 Å². The number of carboxylic acid groups (broad SMARTS) is 1. The number of ether oxygens (including phenoxy) is 3. The summed E-state index contributed by atoms with van der Waals surface area (Å²) >= 11 is 1.53. The standard InChI is InChI=1S/C36H47N3O7S/c1-4-25(2)31(38-36(43)46-33-24-44-23-32(33)45-22-26-11-6-5-7-12-26)20-39(21-34(40)37-30(35(41)42)17-18-47-3)19-28-15-10-14-27-13-8-9-16-29(27)28/h5-16,25,30-33H,4,17-24H2,1-3H3,(H,37,40)(H,38,43)(H,41,42)/t25-,30-,31+,32+,33-/m0/s1. The van der Waals surface area contributed by atoms with Crippen LogP contribution in [0.3, 0.4) is 0 Å². The molecule has 1 saturated heterocycles. The van der Waals surface area contributed by atoms with Crippen molar-refractivity contribution in [2.24, 2.45) is 5.92 Å². The van der Waals surface area contributed by atoms with Gasteiger partial charge in [0.2, 0.25) is 5.91 Å². The van der Waals surface area contributed by atoms with Gasteiger partial charge in [0.25, 0.3) is 0 Å². The number of hydrogen-bond acceptors (Lipinski definition) is 8. The number of nitrogens with zero attached hydrogens (tertiary/aromatic N) is 1. The number of rotatable bonds is 18. The van der Waals surface area contributed by atoms with Crippen molar-refractivity contribution in [3.8, 4) is 0 Å². The number of carbonyl (C=O) groups is 3. The second kappa shape index (κ2) is 18.6. The van der Waals surface area contributed by atoms with Crippen molar-refractivity contribution in [2.75, 3.05) is 38.3 Å². The van der Waals surface area contributed by atoms with Crippen LogP contribution in [-0.4, -0.2) is 90.6 Å². The Labute approximate surface area is 281 Å². The first kappa shape index (κ1) is 36.2. The number of benzene rings is 3. The molecule has 11 heteroatoms. The molecule has 5 atom stereocenters. The van der Waals surface area contributed by atoms with Crippen LogP contribution in [0.15, 0.2) is 72.8 Å². The molecule has 254 valence electrons. The molecule has 47 heavy (non-hydrogen) atoms. The van der Waals surface area contributed by atoms with E-state index in [9.17, 15) is 19.5 Å². The highest BCUT2D eigenvalue weighted by atomic mass is 32.2. The number of carbonyl (C=O) groups excluding carboxylic acids is 2. The highest BCUT2D eigenvalue weighted by Gasteiger charge is 2.34. The van der Waals surface area contributed by atoms with Gasteiger partial charge in [-0.2, -0.15) is 11.8 Å². The van der Waals surface area contributed by atoms with Gasteiger partial charge >= 0.3 is 12.1 Å². The third-order valence-corrected chi connectivity index (χ3v) is 9.16. The van der Waals surface area contributed by atoms with Crippen molar-refractivity contribution < 1.29 is 33.7 Å². The van der Waals surface area contributed by atoms with E-state index in [1.54, 1.807) is 0 Å². The molecule has 4 rings (SSSR count). The lowest BCUT2D eigenvalue weighted by atomic mass is 9.98. The van der Waals surface area contributed by atoms with Gasteiger partial charge in [-0.1, -0.05) is 93.1 Å². The molecule has 1 fully saturated rings. The normalized spacial score (nSPS) is 18.0. The molecule has 0 radical (unpaired) electrons. The lowest BCUT2D eigenvalue weighted by molar-refractivity contribution is -0.142. The fourth-order valence-corrected chi connectivity index (χ4v) is 6.08. The summed E-state index contributed by atoms with van der Waals surface area (Å²) in [7, 11) is 0. The zero-order valence-electron chi connectivity index (χ0n) is 27.4. The Bertz CT molecular complexity index is 1440. The topological polar surface area (TPSA) is 126 Å². The Balaban J connectivity index is 1.46. The highest BCUT2D eigenvalue weighted by molar-refractivity contribution is 7.98. The fraction of sp³-hybridized carbons (Fsp3) is 0.472. The number of thioether (sulfide) groups is 1. The van der Waals surface area contributed by atoms with Crippen LogP contribution >= 0.6 is 11.8 Å². The van der Waals surface area contributed by atoms with Gasteiger partial charge in [-0.15, -0.1) is 0 Å². The van der Waals surface area contributed by atoms with Crippen molar-refractivity contribution in [3.05, 3.63) is 83.9 Å². The van der Waals surface area contributed by atoms with Crippen LogP contribution in [0.1, 0.15) is 37.8 Å². The Hall–Kier alpha value is -3.64. The molecule has 2 amide bonds. The second-order valence-corrected chi connectivity index (χ2v) is 13.0. The van der Waals surface area contributed by atoms with Gasteiger partial charge in [0.15, 0.2) is 6.10 Å². The first-order chi connectivity index (χ1) is 22.8. The van der Waals surface area contributed by atoms with Crippen LogP contribution in [0.2, 0.25) is 0 Å². The quantitative estimate of drug-likeness (QED) is 0.170. The van der Waals surface area contributed by atoms with Gasteiger partial charge in [0.05, 0.1) is 26.4 Å². The number of nitrogens with one attached hydrogen (secondary N) is 2. The number of aliphatic carboxylic acids is 1. The maximum absolute atomic E-state index is 13.3. The summed E-state index contributed by atoms with van der Waals surface area (Å²) in [5, 5.41) is 17.6. The van der Waals surface area contributed by atoms with Gasteiger partial charge in [-0.25, -0.2) is 9.59 Å². The maximum atomic E-state index is 13.3. The maximum Gasteiger partial charge on any atom is 0.407 e. The molecular formula is C36H47N3O7S. The summed E-state index contributed by atoms with van der Waals surface area (Å²) in [6, 6.07) is 22.6. The van der Waals surface area contributed by atoms with Crippen LogP contribution in [0.4, 0.5) is 4.79 Å². The van der Waals surface area contributed by atoms with Crippen LogP contribution in [0.5, 0.6) is 0 Å². The van der Waals surface area contributed by atoms with Gasteiger partial charge in [-0.3, -0.25) is 9.69 Å². The minimum atomic E-state index is -1.06. The van der Waals surface area contributed by atoms with Crippen molar-refractivity contribution in [2.45, 2.75) is 64.1 Å². The second-order valence-electron chi connectivity index (χ2n) is 12.0. The van der Waals surface area contributed by atoms with E-state index in [0.29, 0.717) is 38.5 Å². The summed E-state index contributed by atoms with van der Waals surface area (Å²) in [4.78, 5) is 40.4. The summed E-state index contributed by atoms with van der Waals surface area (Å²) < 4.78 is 17.5. The van der Waals surface area contributed by atoms with Gasteiger partial charge in [0, 0.05) is 19.1 Å². The molecule has 0 unspecified atom stereocenters. The first-order valence-electron chi connectivity index (χ1n) is 16.2. The Morgan fingerprint density at radius 3 is 2.47 bits per heavy atom. The first-order valence-corrected chi connectivity index (χ1v) is 17.6. The van der Waals surface area contributed by atoms with Gasteiger partial charge < -0.3 is 30.0 Å². The third kappa shape index (κ3) is 11.2. The summed E-state index contributed by atoms with van der Waals surface area (Å²) in [5.41, 5.74) is 2.05. The Kier molecular flexibility index (Phi) is 14.4. The number of hydrogen-bond donors (Lipinski definition) is 3. The molecule has 0 aliphatic carbocycles. The monoisotopic (exact) mass is 665 g/mol. The lowest BCUT2D eigenvalue weighted by Crippen LogP contribution is -2.51. The molecule has 1 aliphatic rings. The Morgan fingerprint density at radius 2 is 1.72 bits per heavy atom. The van der Waals surface area contributed by atoms with E-state index in [2.05, 4.69) is 17.6 Å². The molecule has 1 aliphatic heterocycles. The number of carboxylic acids is 1. The molecular weight excluding hydrogens is 618 g/mol. The lowest BCUT2D eigenvalue weighted by Gasteiger charge is -2.32. The van der Waals surface area contributed by atoms with E-state index >= 15 is 0 Å². The zero-order valence-corrected chi connectivity index (χ0v) is 28.2.